The van der Waals surface area contributed by atoms with Gasteiger partial charge in [-0.05, 0) is 35.1 Å². The van der Waals surface area contributed by atoms with Gasteiger partial charge in [-0.2, -0.15) is 0 Å². The molecule has 0 aromatic heterocycles. The molecule has 0 fully saturated rings. The van der Waals surface area contributed by atoms with Gasteiger partial charge in [-0.25, -0.2) is 0 Å². The molecule has 0 saturated heterocycles. The molecule has 0 heterocycles. The van der Waals surface area contributed by atoms with Gasteiger partial charge in [-0.3, -0.25) is 0 Å². The summed E-state index contributed by atoms with van der Waals surface area (Å²) in [6, 6.07) is 25.3. The molecule has 0 spiro atoms. The molecule has 0 aliphatic heterocycles. The van der Waals surface area contributed by atoms with Crippen molar-refractivity contribution in [1.82, 2.24) is 0 Å². The van der Waals surface area contributed by atoms with Crippen LogP contribution in [0.1, 0.15) is 20.8 Å². The Bertz CT molecular complexity index is 517. The molecule has 0 bridgehead atoms. The number of hydrogen-bond acceptors (Lipinski definition) is 1. The molecule has 118 valence electrons. The number of rotatable bonds is 7. The molecule has 3 heteroatoms. The summed E-state index contributed by atoms with van der Waals surface area (Å²) in [6.45, 7) is 9.30. The molecule has 0 unspecified atom stereocenters. The summed E-state index contributed by atoms with van der Waals surface area (Å²) >= 11 is 0. The molecule has 0 aliphatic rings. The maximum atomic E-state index is 7.12. The minimum atomic E-state index is -2.14. The third-order valence-electron chi connectivity index (χ3n) is 5.00. The minimum absolute atomic E-state index is 1.20. The molecule has 0 saturated carbocycles. The molecule has 0 N–H and O–H groups in total. The molecule has 1 nitrogen and oxygen atoms in total. The Hall–Kier alpha value is -1.17. The quantitative estimate of drug-likeness (QED) is 0.685. The van der Waals surface area contributed by atoms with Crippen LogP contribution in [0.5, 0.6) is 0 Å². The van der Waals surface area contributed by atoms with Crippen molar-refractivity contribution in [3.8, 4) is 0 Å². The zero-order chi connectivity index (χ0) is 16.1. The van der Waals surface area contributed by atoms with Crippen molar-refractivity contribution in [1.29, 1.82) is 0 Å². The highest BCUT2D eigenvalue weighted by Gasteiger charge is 2.42. The van der Waals surface area contributed by atoms with Gasteiger partial charge in [0.25, 0.3) is 0 Å². The first-order chi connectivity index (χ1) is 10.6. The zero-order valence-corrected chi connectivity index (χ0v) is 16.3. The lowest BCUT2D eigenvalue weighted by atomic mass is 10.4. The van der Waals surface area contributed by atoms with E-state index < -0.39 is 16.6 Å². The Labute approximate surface area is 137 Å². The molecule has 22 heavy (non-hydrogen) atoms. The standard InChI is InChI=1S/C19H28OSi2/c1-5-22(6-2,7-3)20-21(4,18-14-10-8-11-15-18)19-16-12-9-13-17-19/h8-17H,5-7H2,1-4H3. The second-order valence-corrected chi connectivity index (χ2v) is 14.6. The first kappa shape index (κ1) is 17.2. The predicted molar refractivity (Wildman–Crippen MR) is 102 cm³/mol. The van der Waals surface area contributed by atoms with Crippen molar-refractivity contribution in [2.24, 2.45) is 0 Å². The smallest absolute Gasteiger partial charge is 0.241 e. The van der Waals surface area contributed by atoms with Crippen LogP contribution in [0, 0.1) is 0 Å². The topological polar surface area (TPSA) is 9.23 Å². The van der Waals surface area contributed by atoms with Crippen LogP contribution in [0.2, 0.25) is 24.7 Å². The van der Waals surface area contributed by atoms with E-state index in [4.69, 9.17) is 4.12 Å². The summed E-state index contributed by atoms with van der Waals surface area (Å²) in [4.78, 5) is 0. The first-order valence-corrected chi connectivity index (χ1v) is 13.3. The Morgan fingerprint density at radius 1 is 0.682 bits per heavy atom. The Morgan fingerprint density at radius 2 is 1.05 bits per heavy atom. The normalized spacial score (nSPS) is 12.4. The number of benzene rings is 2. The minimum Gasteiger partial charge on any atom is -0.449 e. The van der Waals surface area contributed by atoms with Crippen LogP contribution >= 0.6 is 0 Å². The van der Waals surface area contributed by atoms with Crippen molar-refractivity contribution >= 4 is 27.0 Å². The van der Waals surface area contributed by atoms with Crippen molar-refractivity contribution in [3.63, 3.8) is 0 Å². The van der Waals surface area contributed by atoms with E-state index in [0.717, 1.165) is 0 Å². The van der Waals surface area contributed by atoms with Crippen molar-refractivity contribution in [2.75, 3.05) is 0 Å². The number of hydrogen-bond donors (Lipinski definition) is 0. The summed E-state index contributed by atoms with van der Waals surface area (Å²) in [5, 5.41) is 2.77. The predicted octanol–water partition coefficient (Wildman–Crippen LogP) is 4.40. The van der Waals surface area contributed by atoms with Gasteiger partial charge in [0, 0.05) is 0 Å². The lowest BCUT2D eigenvalue weighted by Crippen LogP contribution is -2.63. The van der Waals surface area contributed by atoms with Gasteiger partial charge >= 0.3 is 0 Å². The fourth-order valence-corrected chi connectivity index (χ4v) is 12.8. The second kappa shape index (κ2) is 7.40. The van der Waals surface area contributed by atoms with Crippen LogP contribution in [0.3, 0.4) is 0 Å². The summed E-state index contributed by atoms with van der Waals surface area (Å²) < 4.78 is 7.12. The molecule has 2 rings (SSSR count). The largest absolute Gasteiger partial charge is 0.449 e. The monoisotopic (exact) mass is 328 g/mol. The molecule has 0 aliphatic carbocycles. The maximum absolute atomic E-state index is 7.12. The van der Waals surface area contributed by atoms with Gasteiger partial charge in [0.15, 0.2) is 8.32 Å². The molecular weight excluding hydrogens is 300 g/mol. The molecular formula is C19H28OSi2. The highest BCUT2D eigenvalue weighted by atomic mass is 28.4. The lowest BCUT2D eigenvalue weighted by Gasteiger charge is -2.40. The van der Waals surface area contributed by atoms with E-state index in [1.165, 1.54) is 28.5 Å². The fourth-order valence-electron chi connectivity index (χ4n) is 3.20. The van der Waals surface area contributed by atoms with Crippen LogP contribution in [-0.4, -0.2) is 16.6 Å². The van der Waals surface area contributed by atoms with Crippen LogP contribution in [0.15, 0.2) is 60.7 Å². The average molecular weight is 329 g/mol. The Balaban J connectivity index is 2.52. The molecule has 2 aromatic rings. The van der Waals surface area contributed by atoms with E-state index in [-0.39, 0.29) is 0 Å². The highest BCUT2D eigenvalue weighted by Crippen LogP contribution is 2.26. The van der Waals surface area contributed by atoms with E-state index in [1.54, 1.807) is 0 Å². The SMILES string of the molecule is CC[Si](CC)(CC)O[Si](C)(c1ccccc1)c1ccccc1. The summed E-state index contributed by atoms with van der Waals surface area (Å²) in [6.07, 6.45) is 0. The van der Waals surface area contributed by atoms with Crippen LogP contribution in [0.25, 0.3) is 0 Å². The van der Waals surface area contributed by atoms with Gasteiger partial charge in [0.1, 0.15) is 0 Å². The average Bonchev–Trinajstić information content (AvgIpc) is 2.61. The van der Waals surface area contributed by atoms with Crippen LogP contribution < -0.4 is 10.4 Å². The lowest BCUT2D eigenvalue weighted by molar-refractivity contribution is 0.544. The fraction of sp³-hybridized carbons (Fsp3) is 0.368. The molecule has 0 amide bonds. The van der Waals surface area contributed by atoms with Gasteiger partial charge in [-0.15, -0.1) is 0 Å². The van der Waals surface area contributed by atoms with Crippen LogP contribution in [-0.2, 0) is 4.12 Å². The van der Waals surface area contributed by atoms with E-state index in [1.807, 2.05) is 0 Å². The molecule has 0 atom stereocenters. The van der Waals surface area contributed by atoms with E-state index in [9.17, 15) is 0 Å². The van der Waals surface area contributed by atoms with Crippen molar-refractivity contribution in [2.45, 2.75) is 45.5 Å². The molecule has 0 radical (unpaired) electrons. The third-order valence-corrected chi connectivity index (χ3v) is 15.1. The van der Waals surface area contributed by atoms with Crippen molar-refractivity contribution in [3.05, 3.63) is 60.7 Å². The van der Waals surface area contributed by atoms with Crippen molar-refractivity contribution < 1.29 is 4.12 Å². The third kappa shape index (κ3) is 3.42. The Kier molecular flexibility index (Phi) is 5.78. The van der Waals surface area contributed by atoms with E-state index in [0.29, 0.717) is 0 Å². The van der Waals surface area contributed by atoms with Gasteiger partial charge in [0.05, 0.1) is 0 Å². The van der Waals surface area contributed by atoms with E-state index >= 15 is 0 Å². The van der Waals surface area contributed by atoms with Gasteiger partial charge in [0.2, 0.25) is 8.32 Å². The Morgan fingerprint density at radius 3 is 1.36 bits per heavy atom. The first-order valence-electron chi connectivity index (χ1n) is 8.41. The van der Waals surface area contributed by atoms with E-state index in [2.05, 4.69) is 88.0 Å². The van der Waals surface area contributed by atoms with Gasteiger partial charge in [-0.1, -0.05) is 81.4 Å². The van der Waals surface area contributed by atoms with Crippen LogP contribution in [0.4, 0.5) is 0 Å². The molecule has 2 aromatic carbocycles. The zero-order valence-electron chi connectivity index (χ0n) is 14.3. The maximum Gasteiger partial charge on any atom is 0.241 e. The second-order valence-electron chi connectivity index (χ2n) is 6.11. The summed E-state index contributed by atoms with van der Waals surface area (Å²) in [5.74, 6) is 0. The van der Waals surface area contributed by atoms with Gasteiger partial charge < -0.3 is 4.12 Å². The highest BCUT2D eigenvalue weighted by molar-refractivity contribution is 7.01. The summed E-state index contributed by atoms with van der Waals surface area (Å²) in [5.41, 5.74) is 0. The summed E-state index contributed by atoms with van der Waals surface area (Å²) in [7, 11) is -3.79.